The molecule has 0 aromatic carbocycles. The predicted molar refractivity (Wildman–Crippen MR) is 101 cm³/mol. The van der Waals surface area contributed by atoms with E-state index in [0.717, 1.165) is 39.0 Å². The smallest absolute Gasteiger partial charge is 0.274 e. The number of ether oxygens (including phenoxy) is 1. The average Bonchev–Trinajstić information content (AvgIpc) is 2.65. The van der Waals surface area contributed by atoms with Gasteiger partial charge in [-0.25, -0.2) is 4.98 Å². The summed E-state index contributed by atoms with van der Waals surface area (Å²) in [6.45, 7) is 12.3. The zero-order valence-corrected chi connectivity index (χ0v) is 16.0. The van der Waals surface area contributed by atoms with E-state index in [1.165, 1.54) is 18.7 Å². The van der Waals surface area contributed by atoms with E-state index in [0.29, 0.717) is 12.4 Å². The Bertz CT molecular complexity index is 513. The van der Waals surface area contributed by atoms with Gasteiger partial charge in [-0.2, -0.15) is 0 Å². The van der Waals surface area contributed by atoms with Crippen molar-refractivity contribution in [2.75, 3.05) is 37.7 Å². The van der Waals surface area contributed by atoms with Gasteiger partial charge in [0, 0.05) is 25.4 Å². The largest absolute Gasteiger partial charge is 0.371 e. The summed E-state index contributed by atoms with van der Waals surface area (Å²) in [6.07, 6.45) is 4.69. The van der Waals surface area contributed by atoms with Crippen LogP contribution in [0.2, 0.25) is 0 Å². The van der Waals surface area contributed by atoms with Gasteiger partial charge >= 0.3 is 0 Å². The minimum atomic E-state index is -0.383. The summed E-state index contributed by atoms with van der Waals surface area (Å²) in [5, 5.41) is 14.2. The molecule has 142 valence electrons. The van der Waals surface area contributed by atoms with Gasteiger partial charge in [0.15, 0.2) is 0 Å². The number of morpholine rings is 1. The Morgan fingerprint density at radius 1 is 1.36 bits per heavy atom. The van der Waals surface area contributed by atoms with E-state index in [1.54, 1.807) is 6.07 Å². The van der Waals surface area contributed by atoms with Crippen molar-refractivity contribution in [2.45, 2.75) is 52.6 Å². The summed E-state index contributed by atoms with van der Waals surface area (Å²) >= 11 is 0. The van der Waals surface area contributed by atoms with E-state index in [1.807, 2.05) is 13.8 Å². The molecule has 0 atom stereocenters. The molecule has 25 heavy (non-hydrogen) atoms. The van der Waals surface area contributed by atoms with Gasteiger partial charge in [0.2, 0.25) is 0 Å². The Hall–Kier alpha value is -1.73. The van der Waals surface area contributed by atoms with Crippen LogP contribution in [0.25, 0.3) is 0 Å². The van der Waals surface area contributed by atoms with Crippen molar-refractivity contribution in [1.29, 1.82) is 0 Å². The molecule has 1 N–H and O–H groups in total. The lowest BCUT2D eigenvalue weighted by molar-refractivity contribution is -0.384. The van der Waals surface area contributed by atoms with Crippen molar-refractivity contribution >= 4 is 11.5 Å². The summed E-state index contributed by atoms with van der Waals surface area (Å²) in [4.78, 5) is 16.8. The van der Waals surface area contributed by atoms with Gasteiger partial charge in [-0.3, -0.25) is 10.1 Å². The molecule has 1 aromatic rings. The van der Waals surface area contributed by atoms with Crippen molar-refractivity contribution in [3.63, 3.8) is 0 Å². The summed E-state index contributed by atoms with van der Waals surface area (Å²) < 4.78 is 5.99. The molecule has 7 nitrogen and oxygen atoms in total. The molecule has 0 bridgehead atoms. The highest BCUT2D eigenvalue weighted by atomic mass is 16.6. The van der Waals surface area contributed by atoms with E-state index < -0.39 is 0 Å². The van der Waals surface area contributed by atoms with E-state index in [9.17, 15) is 10.1 Å². The number of aromatic nitrogens is 1. The zero-order valence-electron chi connectivity index (χ0n) is 16.0. The van der Waals surface area contributed by atoms with Gasteiger partial charge in [0.25, 0.3) is 5.69 Å². The molecule has 1 aromatic heterocycles. The lowest BCUT2D eigenvalue weighted by atomic mass is 9.90. The number of nitrogens with one attached hydrogen (secondary N) is 1. The monoisotopic (exact) mass is 352 g/mol. The van der Waals surface area contributed by atoms with Crippen molar-refractivity contribution in [1.82, 2.24) is 10.3 Å². The van der Waals surface area contributed by atoms with E-state index in [4.69, 9.17) is 4.74 Å². The predicted octanol–water partition coefficient (Wildman–Crippen LogP) is 3.39. The molecule has 0 saturated carbocycles. The molecule has 1 spiro atoms. The summed E-state index contributed by atoms with van der Waals surface area (Å²) in [5.74, 6) is 0.667. The maximum absolute atomic E-state index is 10.9. The van der Waals surface area contributed by atoms with Crippen molar-refractivity contribution in [2.24, 2.45) is 0 Å². The van der Waals surface area contributed by atoms with E-state index in [2.05, 4.69) is 29.0 Å². The molecule has 0 aliphatic carbocycles. The molecule has 3 heterocycles. The second-order valence-electron chi connectivity index (χ2n) is 6.04. The van der Waals surface area contributed by atoms with Crippen LogP contribution in [0.4, 0.5) is 11.5 Å². The van der Waals surface area contributed by atoms with Crippen LogP contribution in [-0.4, -0.2) is 48.3 Å². The number of hydrogen-bond donors (Lipinski definition) is 1. The second-order valence-corrected chi connectivity index (χ2v) is 6.04. The van der Waals surface area contributed by atoms with Gasteiger partial charge < -0.3 is 15.0 Å². The normalized spacial score (nSPS) is 18.5. The first kappa shape index (κ1) is 21.3. The average molecular weight is 352 g/mol. The van der Waals surface area contributed by atoms with Crippen LogP contribution < -0.4 is 10.2 Å². The fraction of sp³-hybridized carbons (Fsp3) is 0.722. The Labute approximate surface area is 150 Å². The lowest BCUT2D eigenvalue weighted by Crippen LogP contribution is -2.56. The molecule has 3 rings (SSSR count). The first-order chi connectivity index (χ1) is 12.1. The van der Waals surface area contributed by atoms with Crippen molar-refractivity contribution in [3.8, 4) is 0 Å². The molecule has 0 unspecified atom stereocenters. The number of nitrogens with zero attached hydrogens (tertiary/aromatic N) is 3. The quantitative estimate of drug-likeness (QED) is 0.649. The van der Waals surface area contributed by atoms with Gasteiger partial charge in [-0.15, -0.1) is 0 Å². The molecule has 0 radical (unpaired) electrons. The Kier molecular flexibility index (Phi) is 9.37. The standard InChI is InChI=1S/C13H18N4O3.C3H8.C2H6/c18-17(19)11-1-4-15-12(9-11)16-7-8-20-13(10-16)2-5-14-6-3-13;1-3-2;1-2/h1,4,9,14H,2-3,5-8,10H2;3H2,1-2H3;1-2H3. The van der Waals surface area contributed by atoms with Crippen molar-refractivity contribution in [3.05, 3.63) is 28.4 Å². The van der Waals surface area contributed by atoms with Gasteiger partial charge in [0.1, 0.15) is 5.82 Å². The van der Waals surface area contributed by atoms with E-state index in [-0.39, 0.29) is 16.2 Å². The topological polar surface area (TPSA) is 80.5 Å². The molecule has 2 fully saturated rings. The highest BCUT2D eigenvalue weighted by molar-refractivity contribution is 5.47. The van der Waals surface area contributed by atoms with Crippen LogP contribution in [0, 0.1) is 10.1 Å². The Balaban J connectivity index is 0.000000567. The second kappa shape index (κ2) is 11.0. The first-order valence-electron chi connectivity index (χ1n) is 9.30. The van der Waals surface area contributed by atoms with Crippen LogP contribution in [0.5, 0.6) is 0 Å². The molecule has 2 aliphatic heterocycles. The minimum Gasteiger partial charge on any atom is -0.371 e. The number of hydrogen-bond acceptors (Lipinski definition) is 6. The van der Waals surface area contributed by atoms with E-state index >= 15 is 0 Å². The number of pyridine rings is 1. The molecule has 2 aliphatic rings. The molecular weight excluding hydrogens is 320 g/mol. The van der Waals surface area contributed by atoms with Gasteiger partial charge in [-0.05, 0) is 25.9 Å². The van der Waals surface area contributed by atoms with Crippen molar-refractivity contribution < 1.29 is 9.66 Å². The highest BCUT2D eigenvalue weighted by Crippen LogP contribution is 2.30. The van der Waals surface area contributed by atoms with Gasteiger partial charge in [0.05, 0.1) is 23.2 Å². The fourth-order valence-corrected chi connectivity index (χ4v) is 2.92. The Morgan fingerprint density at radius 3 is 2.60 bits per heavy atom. The van der Waals surface area contributed by atoms with Gasteiger partial charge in [-0.1, -0.05) is 34.1 Å². The number of rotatable bonds is 2. The summed E-state index contributed by atoms with van der Waals surface area (Å²) in [7, 11) is 0. The summed E-state index contributed by atoms with van der Waals surface area (Å²) in [6, 6.07) is 2.96. The first-order valence-corrected chi connectivity index (χ1v) is 9.30. The van der Waals surface area contributed by atoms with Crippen LogP contribution in [0.15, 0.2) is 18.3 Å². The molecular formula is C18H32N4O3. The number of nitro groups is 1. The SMILES string of the molecule is CC.CCC.O=[N+]([O-])c1ccnc(N2CCOC3(CCNCC3)C2)c1. The molecule has 2 saturated heterocycles. The van der Waals surface area contributed by atoms with Crippen LogP contribution in [0.1, 0.15) is 47.0 Å². The summed E-state index contributed by atoms with van der Waals surface area (Å²) in [5.41, 5.74) is -0.0450. The minimum absolute atomic E-state index is 0.0841. The molecule has 7 heteroatoms. The number of piperidine rings is 1. The maximum Gasteiger partial charge on any atom is 0.274 e. The lowest BCUT2D eigenvalue weighted by Gasteiger charge is -2.45. The molecule has 0 amide bonds. The van der Waals surface area contributed by atoms with Crippen LogP contribution in [0.3, 0.4) is 0 Å². The highest BCUT2D eigenvalue weighted by Gasteiger charge is 2.38. The fourth-order valence-electron chi connectivity index (χ4n) is 2.92. The number of anilines is 1. The third kappa shape index (κ3) is 6.25. The third-order valence-electron chi connectivity index (χ3n) is 4.03. The third-order valence-corrected chi connectivity index (χ3v) is 4.03. The van der Waals surface area contributed by atoms with Crippen LogP contribution in [-0.2, 0) is 4.74 Å². The van der Waals surface area contributed by atoms with Crippen LogP contribution >= 0.6 is 0 Å². The Morgan fingerprint density at radius 2 is 2.00 bits per heavy atom. The zero-order chi connectivity index (χ0) is 18.7. The maximum atomic E-state index is 10.9.